The lowest BCUT2D eigenvalue weighted by atomic mass is 10.0. The lowest BCUT2D eigenvalue weighted by molar-refractivity contribution is 0.630. The van der Waals surface area contributed by atoms with Gasteiger partial charge in [-0.15, -0.1) is 0 Å². The molecule has 0 atom stereocenters. The number of benzene rings is 1. The van der Waals surface area contributed by atoms with Gasteiger partial charge < -0.3 is 5.32 Å². The SMILES string of the molecule is CCCc1c(NC)ncnc1-c1ccc(Br)c(Cl)c1F. The molecule has 1 heterocycles. The molecular weight excluding hydrogens is 345 g/mol. The Morgan fingerprint density at radius 1 is 1.35 bits per heavy atom. The topological polar surface area (TPSA) is 37.8 Å². The molecule has 3 nitrogen and oxygen atoms in total. The summed E-state index contributed by atoms with van der Waals surface area (Å²) in [6.07, 6.45) is 3.11. The number of hydrogen-bond acceptors (Lipinski definition) is 3. The normalized spacial score (nSPS) is 10.7. The van der Waals surface area contributed by atoms with Gasteiger partial charge >= 0.3 is 0 Å². The third kappa shape index (κ3) is 2.79. The molecular formula is C14H14BrClFN3. The maximum absolute atomic E-state index is 14.4. The van der Waals surface area contributed by atoms with Crippen molar-refractivity contribution in [2.45, 2.75) is 19.8 Å². The van der Waals surface area contributed by atoms with Crippen LogP contribution >= 0.6 is 27.5 Å². The van der Waals surface area contributed by atoms with E-state index in [0.29, 0.717) is 15.7 Å². The first-order chi connectivity index (χ1) is 9.60. The molecule has 0 fully saturated rings. The second kappa shape index (κ2) is 6.50. The predicted molar refractivity (Wildman–Crippen MR) is 83.7 cm³/mol. The molecule has 6 heteroatoms. The van der Waals surface area contributed by atoms with Gasteiger partial charge in [0, 0.05) is 22.6 Å². The van der Waals surface area contributed by atoms with E-state index in [4.69, 9.17) is 11.6 Å². The molecule has 1 N–H and O–H groups in total. The van der Waals surface area contributed by atoms with Crippen molar-refractivity contribution in [2.75, 3.05) is 12.4 Å². The van der Waals surface area contributed by atoms with Crippen LogP contribution in [-0.2, 0) is 6.42 Å². The molecule has 2 aromatic rings. The van der Waals surface area contributed by atoms with Crippen LogP contribution < -0.4 is 5.32 Å². The van der Waals surface area contributed by atoms with E-state index in [1.165, 1.54) is 6.33 Å². The summed E-state index contributed by atoms with van der Waals surface area (Å²) in [4.78, 5) is 8.43. The minimum atomic E-state index is -0.473. The van der Waals surface area contributed by atoms with Gasteiger partial charge in [-0.25, -0.2) is 14.4 Å². The Morgan fingerprint density at radius 2 is 2.10 bits per heavy atom. The van der Waals surface area contributed by atoms with Crippen LogP contribution in [0.5, 0.6) is 0 Å². The fourth-order valence-corrected chi connectivity index (χ4v) is 2.53. The van der Waals surface area contributed by atoms with E-state index >= 15 is 0 Å². The third-order valence-corrected chi connectivity index (χ3v) is 4.23. The summed E-state index contributed by atoms with van der Waals surface area (Å²) in [5, 5.41) is 3.08. The summed E-state index contributed by atoms with van der Waals surface area (Å²) in [6.45, 7) is 2.06. The van der Waals surface area contributed by atoms with Crippen LogP contribution in [0.15, 0.2) is 22.9 Å². The lowest BCUT2D eigenvalue weighted by Crippen LogP contribution is -2.04. The number of nitrogens with zero attached hydrogens (tertiary/aromatic N) is 2. The second-order valence-corrected chi connectivity index (χ2v) is 5.50. The van der Waals surface area contributed by atoms with Gasteiger partial charge in [-0.3, -0.25) is 0 Å². The van der Waals surface area contributed by atoms with Crippen LogP contribution in [0.1, 0.15) is 18.9 Å². The average molecular weight is 359 g/mol. The summed E-state index contributed by atoms with van der Waals surface area (Å²) in [5.74, 6) is 0.245. The summed E-state index contributed by atoms with van der Waals surface area (Å²) in [5.41, 5.74) is 1.87. The van der Waals surface area contributed by atoms with Gasteiger partial charge in [0.05, 0.1) is 10.7 Å². The Kier molecular flexibility index (Phi) is 4.94. The summed E-state index contributed by atoms with van der Waals surface area (Å²) in [7, 11) is 1.79. The monoisotopic (exact) mass is 357 g/mol. The first kappa shape index (κ1) is 15.2. The Morgan fingerprint density at radius 3 is 2.75 bits per heavy atom. The number of rotatable bonds is 4. The zero-order chi connectivity index (χ0) is 14.7. The average Bonchev–Trinajstić information content (AvgIpc) is 2.46. The maximum Gasteiger partial charge on any atom is 0.152 e. The Bertz CT molecular complexity index is 634. The quantitative estimate of drug-likeness (QED) is 0.806. The summed E-state index contributed by atoms with van der Waals surface area (Å²) < 4.78 is 14.9. The molecule has 20 heavy (non-hydrogen) atoms. The fraction of sp³-hybridized carbons (Fsp3) is 0.286. The van der Waals surface area contributed by atoms with Crippen molar-refractivity contribution in [2.24, 2.45) is 0 Å². The van der Waals surface area contributed by atoms with E-state index in [9.17, 15) is 4.39 Å². The zero-order valence-corrected chi connectivity index (χ0v) is 13.5. The number of halogens is 3. The van der Waals surface area contributed by atoms with Gasteiger partial charge in [-0.1, -0.05) is 24.9 Å². The third-order valence-electron chi connectivity index (χ3n) is 2.97. The highest BCUT2D eigenvalue weighted by Gasteiger charge is 2.18. The number of nitrogens with one attached hydrogen (secondary N) is 1. The van der Waals surface area contributed by atoms with Gasteiger partial charge in [-0.05, 0) is 34.5 Å². The molecule has 0 saturated carbocycles. The number of aromatic nitrogens is 2. The standard InChI is InChI=1S/C14H14BrClFN3/c1-3-4-9-13(19-7-20-14(9)18-2)8-5-6-10(15)11(16)12(8)17/h5-7H,3-4H2,1-2H3,(H,18,19,20). The molecule has 106 valence electrons. The molecule has 0 radical (unpaired) electrons. The van der Waals surface area contributed by atoms with Crippen LogP contribution in [0.3, 0.4) is 0 Å². The first-order valence-corrected chi connectivity index (χ1v) is 7.42. The highest BCUT2D eigenvalue weighted by molar-refractivity contribution is 9.10. The Labute approximate surface area is 130 Å². The smallest absolute Gasteiger partial charge is 0.152 e. The van der Waals surface area contributed by atoms with Crippen molar-refractivity contribution in [3.63, 3.8) is 0 Å². The molecule has 1 aromatic heterocycles. The van der Waals surface area contributed by atoms with Gasteiger partial charge in [0.1, 0.15) is 12.1 Å². The van der Waals surface area contributed by atoms with Crippen molar-refractivity contribution >= 4 is 33.3 Å². The largest absolute Gasteiger partial charge is 0.373 e. The van der Waals surface area contributed by atoms with Crippen LogP contribution in [-0.4, -0.2) is 17.0 Å². The van der Waals surface area contributed by atoms with Crippen LogP contribution in [0.4, 0.5) is 10.2 Å². The van der Waals surface area contributed by atoms with Crippen LogP contribution in [0, 0.1) is 5.82 Å². The highest BCUT2D eigenvalue weighted by Crippen LogP contribution is 2.35. The van der Waals surface area contributed by atoms with E-state index in [2.05, 4.69) is 38.1 Å². The van der Waals surface area contributed by atoms with Gasteiger partial charge in [0.2, 0.25) is 0 Å². The summed E-state index contributed by atoms with van der Waals surface area (Å²) >= 11 is 9.17. The molecule has 0 aliphatic rings. The molecule has 1 aromatic carbocycles. The molecule has 2 rings (SSSR count). The van der Waals surface area contributed by atoms with Crippen molar-refractivity contribution in [1.82, 2.24) is 9.97 Å². The van der Waals surface area contributed by atoms with E-state index in [-0.39, 0.29) is 5.02 Å². The molecule has 0 aliphatic heterocycles. The second-order valence-electron chi connectivity index (χ2n) is 4.27. The molecule has 0 amide bonds. The van der Waals surface area contributed by atoms with E-state index < -0.39 is 5.82 Å². The van der Waals surface area contributed by atoms with Gasteiger partial charge in [-0.2, -0.15) is 0 Å². The van der Waals surface area contributed by atoms with Crippen molar-refractivity contribution in [1.29, 1.82) is 0 Å². The van der Waals surface area contributed by atoms with Gasteiger partial charge in [0.15, 0.2) is 5.82 Å². The molecule has 0 aliphatic carbocycles. The molecule has 0 spiro atoms. The highest BCUT2D eigenvalue weighted by atomic mass is 79.9. The summed E-state index contributed by atoms with van der Waals surface area (Å²) in [6, 6.07) is 3.39. The Hall–Kier alpha value is -1.20. The van der Waals surface area contributed by atoms with Gasteiger partial charge in [0.25, 0.3) is 0 Å². The Balaban J connectivity index is 2.66. The van der Waals surface area contributed by atoms with Crippen molar-refractivity contribution in [3.8, 4) is 11.3 Å². The molecule has 0 bridgehead atoms. The molecule has 0 saturated heterocycles. The van der Waals surface area contributed by atoms with Crippen molar-refractivity contribution < 1.29 is 4.39 Å². The number of anilines is 1. The predicted octanol–water partition coefficient (Wildman–Crippen LogP) is 4.69. The van der Waals surface area contributed by atoms with E-state index in [1.54, 1.807) is 19.2 Å². The minimum Gasteiger partial charge on any atom is -0.373 e. The fourth-order valence-electron chi connectivity index (χ4n) is 2.06. The van der Waals surface area contributed by atoms with E-state index in [1.807, 2.05) is 0 Å². The molecule has 0 unspecified atom stereocenters. The van der Waals surface area contributed by atoms with Crippen LogP contribution in [0.25, 0.3) is 11.3 Å². The zero-order valence-electron chi connectivity index (χ0n) is 11.2. The van der Waals surface area contributed by atoms with E-state index in [0.717, 1.165) is 24.2 Å². The maximum atomic E-state index is 14.4. The number of hydrogen-bond donors (Lipinski definition) is 1. The van der Waals surface area contributed by atoms with Crippen molar-refractivity contribution in [3.05, 3.63) is 39.3 Å². The first-order valence-electron chi connectivity index (χ1n) is 6.25. The lowest BCUT2D eigenvalue weighted by Gasteiger charge is -2.13. The van der Waals surface area contributed by atoms with Crippen LogP contribution in [0.2, 0.25) is 5.02 Å². The minimum absolute atomic E-state index is 0.0644.